The van der Waals surface area contributed by atoms with E-state index in [2.05, 4.69) is 56.4 Å². The van der Waals surface area contributed by atoms with Crippen LogP contribution in [0, 0.1) is 6.92 Å². The van der Waals surface area contributed by atoms with Crippen molar-refractivity contribution in [1.82, 2.24) is 15.0 Å². The molecule has 1 heterocycles. The lowest BCUT2D eigenvalue weighted by atomic mass is 10.2. The Morgan fingerprint density at radius 2 is 1.56 bits per heavy atom. The molecule has 0 fully saturated rings. The van der Waals surface area contributed by atoms with Crippen molar-refractivity contribution in [1.29, 1.82) is 0 Å². The number of nitrogens with one attached hydrogen (secondary N) is 1. The van der Waals surface area contributed by atoms with E-state index < -0.39 is 0 Å². The first kappa shape index (κ1) is 16.9. The number of aromatic nitrogens is 3. The van der Waals surface area contributed by atoms with Crippen LogP contribution in [0.25, 0.3) is 0 Å². The molecule has 1 aromatic heterocycles. The second-order valence-electron chi connectivity index (χ2n) is 5.90. The maximum absolute atomic E-state index is 4.64. The topological polar surface area (TPSA) is 53.9 Å². The summed E-state index contributed by atoms with van der Waals surface area (Å²) >= 11 is 0. The molecule has 0 saturated carbocycles. The van der Waals surface area contributed by atoms with Gasteiger partial charge in [0.25, 0.3) is 0 Å². The second-order valence-corrected chi connectivity index (χ2v) is 5.90. The van der Waals surface area contributed by atoms with Crippen molar-refractivity contribution < 1.29 is 0 Å². The Balaban J connectivity index is 1.85. The molecule has 0 atom stereocenters. The van der Waals surface area contributed by atoms with Crippen LogP contribution in [0.15, 0.2) is 60.7 Å². The van der Waals surface area contributed by atoms with Gasteiger partial charge in [-0.2, -0.15) is 15.0 Å². The number of benzene rings is 2. The van der Waals surface area contributed by atoms with Crippen molar-refractivity contribution in [2.45, 2.75) is 26.8 Å². The maximum Gasteiger partial charge on any atom is 0.232 e. The van der Waals surface area contributed by atoms with Crippen LogP contribution >= 0.6 is 0 Å². The summed E-state index contributed by atoms with van der Waals surface area (Å²) in [4.78, 5) is 15.8. The average Bonchev–Trinajstić information content (AvgIpc) is 2.63. The van der Waals surface area contributed by atoms with E-state index in [0.29, 0.717) is 17.7 Å². The molecule has 25 heavy (non-hydrogen) atoms. The van der Waals surface area contributed by atoms with Crippen LogP contribution in [0.4, 0.5) is 17.6 Å². The van der Waals surface area contributed by atoms with Crippen molar-refractivity contribution in [2.24, 2.45) is 0 Å². The fourth-order valence-corrected chi connectivity index (χ4v) is 2.64. The van der Waals surface area contributed by atoms with Crippen LogP contribution in [0.2, 0.25) is 0 Å². The lowest BCUT2D eigenvalue weighted by molar-refractivity contribution is 0.731. The quantitative estimate of drug-likeness (QED) is 0.697. The Labute approximate surface area is 148 Å². The van der Waals surface area contributed by atoms with E-state index in [9.17, 15) is 0 Å². The van der Waals surface area contributed by atoms with Gasteiger partial charge in [-0.25, -0.2) is 0 Å². The van der Waals surface area contributed by atoms with Gasteiger partial charge in [0.2, 0.25) is 11.9 Å². The average molecular weight is 333 g/mol. The molecule has 0 radical (unpaired) electrons. The number of hydrogen-bond donors (Lipinski definition) is 1. The molecule has 2 aromatic carbocycles. The van der Waals surface area contributed by atoms with Gasteiger partial charge in [-0.1, -0.05) is 55.5 Å². The third-order valence-electron chi connectivity index (χ3n) is 3.76. The molecule has 0 aliphatic rings. The summed E-state index contributed by atoms with van der Waals surface area (Å²) in [6.07, 6.45) is 1.03. The van der Waals surface area contributed by atoms with Crippen molar-refractivity contribution in [3.63, 3.8) is 0 Å². The van der Waals surface area contributed by atoms with Crippen molar-refractivity contribution in [3.8, 4) is 0 Å². The number of hydrogen-bond acceptors (Lipinski definition) is 5. The Kier molecular flexibility index (Phi) is 5.57. The summed E-state index contributed by atoms with van der Waals surface area (Å²) in [5, 5.41) is 3.26. The van der Waals surface area contributed by atoms with E-state index in [1.165, 1.54) is 5.56 Å². The fourth-order valence-electron chi connectivity index (χ4n) is 2.64. The Bertz CT molecular complexity index is 790. The highest BCUT2D eigenvalue weighted by Gasteiger charge is 2.12. The number of nitrogens with zero attached hydrogens (tertiary/aromatic N) is 4. The molecule has 0 aliphatic carbocycles. The Hall–Kier alpha value is -2.95. The second kappa shape index (κ2) is 8.24. The van der Waals surface area contributed by atoms with Crippen LogP contribution in [-0.2, 0) is 6.54 Å². The highest BCUT2D eigenvalue weighted by atomic mass is 15.3. The third kappa shape index (κ3) is 4.76. The summed E-state index contributed by atoms with van der Waals surface area (Å²) in [5.41, 5.74) is 2.20. The van der Waals surface area contributed by atoms with Gasteiger partial charge < -0.3 is 10.2 Å². The summed E-state index contributed by atoms with van der Waals surface area (Å²) in [5.74, 6) is 1.98. The molecule has 1 N–H and O–H groups in total. The summed E-state index contributed by atoms with van der Waals surface area (Å²) < 4.78 is 0. The monoisotopic (exact) mass is 333 g/mol. The molecule has 5 nitrogen and oxygen atoms in total. The molecule has 128 valence electrons. The largest absolute Gasteiger partial charge is 0.336 e. The van der Waals surface area contributed by atoms with Gasteiger partial charge in [-0.3, -0.25) is 0 Å². The van der Waals surface area contributed by atoms with E-state index in [1.807, 2.05) is 43.3 Å². The highest BCUT2D eigenvalue weighted by molar-refractivity contribution is 5.53. The van der Waals surface area contributed by atoms with Crippen molar-refractivity contribution in [2.75, 3.05) is 16.8 Å². The predicted molar refractivity (Wildman–Crippen MR) is 102 cm³/mol. The normalized spacial score (nSPS) is 10.5. The van der Waals surface area contributed by atoms with Crippen LogP contribution in [0.1, 0.15) is 24.7 Å². The van der Waals surface area contributed by atoms with Crippen LogP contribution in [0.3, 0.4) is 0 Å². The number of aryl methyl sites for hydroxylation is 1. The van der Waals surface area contributed by atoms with E-state index in [1.54, 1.807) is 0 Å². The molecule has 0 saturated heterocycles. The SMILES string of the molecule is CCCN(Cc1ccccc1)c1nc(C)nc(Nc2ccccc2)n1. The van der Waals surface area contributed by atoms with Gasteiger partial charge in [-0.15, -0.1) is 0 Å². The molecule has 0 spiro atoms. The van der Waals surface area contributed by atoms with Crippen LogP contribution in [-0.4, -0.2) is 21.5 Å². The first-order valence-electron chi connectivity index (χ1n) is 8.58. The molecular weight excluding hydrogens is 310 g/mol. The Morgan fingerprint density at radius 3 is 2.24 bits per heavy atom. The molecule has 0 bridgehead atoms. The number of rotatable bonds is 7. The zero-order valence-corrected chi connectivity index (χ0v) is 14.7. The highest BCUT2D eigenvalue weighted by Crippen LogP contribution is 2.17. The molecule has 5 heteroatoms. The molecule has 3 rings (SSSR count). The van der Waals surface area contributed by atoms with Crippen LogP contribution < -0.4 is 10.2 Å². The van der Waals surface area contributed by atoms with E-state index in [-0.39, 0.29) is 0 Å². The third-order valence-corrected chi connectivity index (χ3v) is 3.76. The standard InChI is InChI=1S/C20H23N5/c1-3-14-25(15-17-10-6-4-7-11-17)20-22-16(2)21-19(24-20)23-18-12-8-5-9-13-18/h4-13H,3,14-15H2,1-2H3,(H,21,22,23,24). The molecule has 0 amide bonds. The lowest BCUT2D eigenvalue weighted by Crippen LogP contribution is -2.26. The lowest BCUT2D eigenvalue weighted by Gasteiger charge is -2.22. The summed E-state index contributed by atoms with van der Waals surface area (Å²) in [6.45, 7) is 5.73. The van der Waals surface area contributed by atoms with Gasteiger partial charge in [-0.05, 0) is 31.0 Å². The number of para-hydroxylation sites is 1. The Morgan fingerprint density at radius 1 is 0.880 bits per heavy atom. The van der Waals surface area contributed by atoms with Crippen molar-refractivity contribution >= 4 is 17.6 Å². The van der Waals surface area contributed by atoms with E-state index in [0.717, 1.165) is 25.2 Å². The van der Waals surface area contributed by atoms with Gasteiger partial charge in [0.05, 0.1) is 0 Å². The fraction of sp³-hybridized carbons (Fsp3) is 0.250. The minimum absolute atomic E-state index is 0.572. The summed E-state index contributed by atoms with van der Waals surface area (Å²) in [7, 11) is 0. The van der Waals surface area contributed by atoms with Crippen LogP contribution in [0.5, 0.6) is 0 Å². The first-order valence-corrected chi connectivity index (χ1v) is 8.58. The molecule has 0 unspecified atom stereocenters. The number of anilines is 3. The van der Waals surface area contributed by atoms with Gasteiger partial charge in [0, 0.05) is 18.8 Å². The van der Waals surface area contributed by atoms with Gasteiger partial charge >= 0.3 is 0 Å². The van der Waals surface area contributed by atoms with E-state index in [4.69, 9.17) is 0 Å². The minimum atomic E-state index is 0.572. The predicted octanol–water partition coefficient (Wildman–Crippen LogP) is 4.34. The van der Waals surface area contributed by atoms with Gasteiger partial charge in [0.15, 0.2) is 0 Å². The molecule has 3 aromatic rings. The molecular formula is C20H23N5. The maximum atomic E-state index is 4.64. The zero-order valence-electron chi connectivity index (χ0n) is 14.7. The van der Waals surface area contributed by atoms with Crippen molar-refractivity contribution in [3.05, 3.63) is 72.1 Å². The smallest absolute Gasteiger partial charge is 0.232 e. The van der Waals surface area contributed by atoms with E-state index >= 15 is 0 Å². The molecule has 0 aliphatic heterocycles. The van der Waals surface area contributed by atoms with Gasteiger partial charge in [0.1, 0.15) is 5.82 Å². The summed E-state index contributed by atoms with van der Waals surface area (Å²) in [6, 6.07) is 20.3. The zero-order chi connectivity index (χ0) is 17.5. The first-order chi connectivity index (χ1) is 12.2. The minimum Gasteiger partial charge on any atom is -0.336 e.